The molecule has 8 nitrogen and oxygen atoms in total. The van der Waals surface area contributed by atoms with Crippen LogP contribution >= 0.6 is 0 Å². The fraction of sp³-hybridized carbons (Fsp3) is 0.312. The third-order valence-electron chi connectivity index (χ3n) is 4.80. The van der Waals surface area contributed by atoms with Crippen LogP contribution in [0.4, 0.5) is 0 Å². The van der Waals surface area contributed by atoms with Crippen LogP contribution in [0.1, 0.15) is 18.9 Å². The molecule has 0 unspecified atom stereocenters. The maximum atomic E-state index is 12.2. The first-order valence-corrected chi connectivity index (χ1v) is 7.58. The summed E-state index contributed by atoms with van der Waals surface area (Å²) in [4.78, 5) is 41.8. The molecule has 3 atom stereocenters. The van der Waals surface area contributed by atoms with Gasteiger partial charge < -0.3 is 25.1 Å². The Kier molecular flexibility index (Phi) is 2.95. The third kappa shape index (κ3) is 1.86. The number of carboxylic acid groups (broad SMARTS) is 1. The van der Waals surface area contributed by atoms with Crippen molar-refractivity contribution in [1.29, 1.82) is 0 Å². The monoisotopic (exact) mass is 329 g/mol. The van der Waals surface area contributed by atoms with Crippen LogP contribution < -0.4 is 5.69 Å². The van der Waals surface area contributed by atoms with Crippen LogP contribution in [0.2, 0.25) is 0 Å². The minimum absolute atomic E-state index is 0.0425. The van der Waals surface area contributed by atoms with Crippen LogP contribution in [0.25, 0.3) is 16.6 Å². The van der Waals surface area contributed by atoms with Gasteiger partial charge in [-0.15, -0.1) is 0 Å². The zero-order valence-electron chi connectivity index (χ0n) is 12.7. The lowest BCUT2D eigenvalue weighted by molar-refractivity contribution is -0.161. The van der Waals surface area contributed by atoms with Crippen molar-refractivity contribution < 1.29 is 19.8 Å². The fourth-order valence-electron chi connectivity index (χ4n) is 3.75. The molecule has 0 aliphatic carbocycles. The molecule has 4 rings (SSSR count). The van der Waals surface area contributed by atoms with Crippen molar-refractivity contribution >= 4 is 28.5 Å². The number of carboxylic acids is 1. The van der Waals surface area contributed by atoms with Crippen molar-refractivity contribution in [3.8, 4) is 0 Å². The minimum atomic E-state index is -1.17. The molecule has 1 fully saturated rings. The number of amides is 1. The predicted octanol–water partition coefficient (Wildman–Crippen LogP) is 0.263. The smallest absolute Gasteiger partial charge is 0.352 e. The van der Waals surface area contributed by atoms with Gasteiger partial charge in [-0.3, -0.25) is 4.79 Å². The van der Waals surface area contributed by atoms with E-state index in [9.17, 15) is 24.6 Å². The summed E-state index contributed by atoms with van der Waals surface area (Å²) in [5.41, 5.74) is 1.99. The fourth-order valence-corrected chi connectivity index (χ4v) is 3.75. The lowest BCUT2D eigenvalue weighted by atomic mass is 9.82. The van der Waals surface area contributed by atoms with Gasteiger partial charge in [-0.1, -0.05) is 6.07 Å². The Morgan fingerprint density at radius 1 is 1.29 bits per heavy atom. The van der Waals surface area contributed by atoms with Crippen LogP contribution in [-0.4, -0.2) is 49.1 Å². The number of hydrogen-bond donors (Lipinski definition) is 4. The third-order valence-corrected chi connectivity index (χ3v) is 4.80. The first kappa shape index (κ1) is 14.7. The highest BCUT2D eigenvalue weighted by Gasteiger charge is 2.56. The number of aromatic nitrogens is 2. The Balaban J connectivity index is 1.82. The highest BCUT2D eigenvalue weighted by atomic mass is 16.4. The first-order valence-electron chi connectivity index (χ1n) is 7.58. The van der Waals surface area contributed by atoms with E-state index in [1.807, 2.05) is 0 Å². The van der Waals surface area contributed by atoms with Gasteiger partial charge in [0, 0.05) is 0 Å². The first-order chi connectivity index (χ1) is 11.4. The summed E-state index contributed by atoms with van der Waals surface area (Å²) in [6.45, 7) is 1.54. The predicted molar refractivity (Wildman–Crippen MR) is 83.9 cm³/mol. The summed E-state index contributed by atoms with van der Waals surface area (Å²) in [5.74, 6) is -2.11. The molecule has 2 aromatic rings. The van der Waals surface area contributed by atoms with Crippen molar-refractivity contribution in [3.05, 3.63) is 39.9 Å². The van der Waals surface area contributed by atoms with E-state index in [4.69, 9.17) is 0 Å². The second kappa shape index (κ2) is 4.81. The van der Waals surface area contributed by atoms with E-state index in [-0.39, 0.29) is 23.3 Å². The Labute approximate surface area is 135 Å². The van der Waals surface area contributed by atoms with E-state index in [0.29, 0.717) is 28.6 Å². The average molecular weight is 329 g/mol. The van der Waals surface area contributed by atoms with E-state index in [0.717, 1.165) is 0 Å². The summed E-state index contributed by atoms with van der Waals surface area (Å²) in [7, 11) is 0. The molecule has 0 saturated carbocycles. The maximum absolute atomic E-state index is 12.2. The Morgan fingerprint density at radius 3 is 2.67 bits per heavy atom. The standard InChI is InChI=1S/C16H15N3O5/c1-6(20)12-11-5-8(13(15(22)23)19(11)14(12)21)7-2-3-9-10(4-7)18-16(24)17-9/h2-4,6,11-12,20H,5H2,1H3,(H,22,23)(H2,17,18,24)/t6-,11+,12+/m1/s1. The van der Waals surface area contributed by atoms with Crippen LogP contribution in [-0.2, 0) is 9.59 Å². The van der Waals surface area contributed by atoms with Crippen molar-refractivity contribution in [1.82, 2.24) is 14.9 Å². The number of fused-ring (bicyclic) bond motifs is 2. The molecule has 1 amide bonds. The molecule has 24 heavy (non-hydrogen) atoms. The van der Waals surface area contributed by atoms with Crippen LogP contribution in [0.3, 0.4) is 0 Å². The number of hydrogen-bond acceptors (Lipinski definition) is 4. The second-order valence-corrected chi connectivity index (χ2v) is 6.22. The average Bonchev–Trinajstić information content (AvgIpc) is 3.02. The number of rotatable bonds is 3. The highest BCUT2D eigenvalue weighted by Crippen LogP contribution is 2.47. The zero-order chi connectivity index (χ0) is 17.2. The number of nitrogens with one attached hydrogen (secondary N) is 2. The van der Waals surface area contributed by atoms with Gasteiger partial charge in [0.15, 0.2) is 0 Å². The lowest BCUT2D eigenvalue weighted by Crippen LogP contribution is -2.61. The maximum Gasteiger partial charge on any atom is 0.352 e. The van der Waals surface area contributed by atoms with Crippen molar-refractivity contribution in [2.75, 3.05) is 0 Å². The van der Waals surface area contributed by atoms with Crippen molar-refractivity contribution in [2.45, 2.75) is 25.5 Å². The number of H-pyrrole nitrogens is 2. The van der Waals surface area contributed by atoms with Crippen molar-refractivity contribution in [2.24, 2.45) is 5.92 Å². The summed E-state index contributed by atoms with van der Waals surface area (Å²) in [5, 5.41) is 19.3. The number of aliphatic carboxylic acids is 1. The Bertz CT molecular complexity index is 967. The molecule has 0 radical (unpaired) electrons. The summed E-state index contributed by atoms with van der Waals surface area (Å²) in [6, 6.07) is 4.77. The highest BCUT2D eigenvalue weighted by molar-refractivity contribution is 6.06. The molecule has 4 N–H and O–H groups in total. The van der Waals surface area contributed by atoms with Gasteiger partial charge in [0.2, 0.25) is 5.91 Å². The van der Waals surface area contributed by atoms with Crippen LogP contribution in [0, 0.1) is 5.92 Å². The van der Waals surface area contributed by atoms with E-state index in [1.54, 1.807) is 18.2 Å². The molecule has 124 valence electrons. The minimum Gasteiger partial charge on any atom is -0.477 e. The molecule has 0 bridgehead atoms. The Morgan fingerprint density at radius 2 is 2.00 bits per heavy atom. The number of carbonyl (C=O) groups excluding carboxylic acids is 1. The number of carbonyl (C=O) groups is 2. The molecule has 8 heteroatoms. The van der Waals surface area contributed by atoms with E-state index in [2.05, 4.69) is 9.97 Å². The molecule has 0 spiro atoms. The van der Waals surface area contributed by atoms with Crippen molar-refractivity contribution in [3.63, 3.8) is 0 Å². The molecule has 1 aromatic heterocycles. The SMILES string of the molecule is C[C@@H](O)[C@@H]1C(=O)N2C(C(=O)O)=C(c3ccc4[nH]c(=O)[nH]c4c3)C[C@@H]12. The molecular weight excluding hydrogens is 314 g/mol. The zero-order valence-corrected chi connectivity index (χ0v) is 12.7. The molecule has 2 aliphatic rings. The summed E-state index contributed by atoms with van der Waals surface area (Å²) in [6.07, 6.45) is -0.458. The number of aromatic amines is 2. The number of aliphatic hydroxyl groups excluding tert-OH is 1. The molecule has 1 saturated heterocycles. The van der Waals surface area contributed by atoms with E-state index < -0.39 is 18.0 Å². The summed E-state index contributed by atoms with van der Waals surface area (Å²) < 4.78 is 0. The van der Waals surface area contributed by atoms with Gasteiger partial charge in [-0.2, -0.15) is 0 Å². The number of benzene rings is 1. The molecule has 2 aliphatic heterocycles. The van der Waals surface area contributed by atoms with Gasteiger partial charge in [0.05, 0.1) is 29.1 Å². The van der Waals surface area contributed by atoms with Gasteiger partial charge in [-0.05, 0) is 36.6 Å². The number of aliphatic hydroxyl groups is 1. The topological polar surface area (TPSA) is 126 Å². The van der Waals surface area contributed by atoms with Gasteiger partial charge in [0.25, 0.3) is 0 Å². The normalized spacial score (nSPS) is 24.2. The number of nitrogens with zero attached hydrogens (tertiary/aromatic N) is 1. The lowest BCUT2D eigenvalue weighted by Gasteiger charge is -2.44. The van der Waals surface area contributed by atoms with E-state index >= 15 is 0 Å². The van der Waals surface area contributed by atoms with E-state index in [1.165, 1.54) is 11.8 Å². The van der Waals surface area contributed by atoms with Gasteiger partial charge >= 0.3 is 11.7 Å². The molecular formula is C16H15N3O5. The van der Waals surface area contributed by atoms with Crippen LogP contribution in [0.5, 0.6) is 0 Å². The second-order valence-electron chi connectivity index (χ2n) is 6.22. The largest absolute Gasteiger partial charge is 0.477 e. The quantitative estimate of drug-likeness (QED) is 0.601. The van der Waals surface area contributed by atoms with Gasteiger partial charge in [0.1, 0.15) is 5.70 Å². The molecule has 3 heterocycles. The van der Waals surface area contributed by atoms with Gasteiger partial charge in [-0.25, -0.2) is 9.59 Å². The Hall–Kier alpha value is -2.87. The molecule has 1 aromatic carbocycles. The summed E-state index contributed by atoms with van der Waals surface area (Å²) >= 11 is 0. The number of β-lactam (4-membered cyclic amide) rings is 1. The van der Waals surface area contributed by atoms with Crippen LogP contribution in [0.15, 0.2) is 28.7 Å². The number of imidazole rings is 1.